The monoisotopic (exact) mass is 202 g/mol. The van der Waals surface area contributed by atoms with Gasteiger partial charge in [0.2, 0.25) is 0 Å². The number of epoxide rings is 1. The molecule has 0 amide bonds. The summed E-state index contributed by atoms with van der Waals surface area (Å²) in [6.07, 6.45) is 0.288. The standard InChI is InChI=1S/C10H10N4O/c1-2-4-8(5-3-1)10-11-12-13-14(10)6-9-7-15-9/h1-5,9H,6-7H2/t9-/m0/s1. The molecule has 0 bridgehead atoms. The fourth-order valence-electron chi connectivity index (χ4n) is 1.49. The van der Waals surface area contributed by atoms with Gasteiger partial charge in [0.15, 0.2) is 5.82 Å². The quantitative estimate of drug-likeness (QED) is 0.689. The first-order chi connectivity index (χ1) is 7.43. The van der Waals surface area contributed by atoms with Crippen LogP contribution in [0.15, 0.2) is 30.3 Å². The van der Waals surface area contributed by atoms with Crippen LogP contribution in [0.1, 0.15) is 0 Å². The molecule has 15 heavy (non-hydrogen) atoms. The van der Waals surface area contributed by atoms with Crippen LogP contribution < -0.4 is 0 Å². The Morgan fingerprint density at radius 1 is 1.33 bits per heavy atom. The van der Waals surface area contributed by atoms with E-state index in [-0.39, 0.29) is 6.10 Å². The summed E-state index contributed by atoms with van der Waals surface area (Å²) in [6, 6.07) is 9.91. The van der Waals surface area contributed by atoms with Gasteiger partial charge in [0, 0.05) is 5.56 Å². The molecule has 76 valence electrons. The Balaban J connectivity index is 1.93. The Hall–Kier alpha value is -1.75. The van der Waals surface area contributed by atoms with Crippen molar-refractivity contribution in [1.82, 2.24) is 20.2 Å². The van der Waals surface area contributed by atoms with E-state index in [0.29, 0.717) is 0 Å². The Kier molecular flexibility index (Phi) is 1.96. The number of benzene rings is 1. The second kappa shape index (κ2) is 3.43. The first-order valence-corrected chi connectivity index (χ1v) is 4.86. The van der Waals surface area contributed by atoms with Crippen LogP contribution in [0.4, 0.5) is 0 Å². The SMILES string of the molecule is c1ccc(-c2nnnn2C[C@H]2CO2)cc1. The molecule has 1 fully saturated rings. The lowest BCUT2D eigenvalue weighted by Gasteiger charge is -2.01. The summed E-state index contributed by atoms with van der Waals surface area (Å²) >= 11 is 0. The summed E-state index contributed by atoms with van der Waals surface area (Å²) in [4.78, 5) is 0. The molecule has 0 spiro atoms. The van der Waals surface area contributed by atoms with Crippen LogP contribution in [-0.4, -0.2) is 32.9 Å². The molecule has 1 aromatic carbocycles. The van der Waals surface area contributed by atoms with Crippen molar-refractivity contribution in [1.29, 1.82) is 0 Å². The molecule has 3 rings (SSSR count). The van der Waals surface area contributed by atoms with Gasteiger partial charge in [-0.3, -0.25) is 0 Å². The zero-order valence-electron chi connectivity index (χ0n) is 8.08. The summed E-state index contributed by atoms with van der Waals surface area (Å²) in [7, 11) is 0. The minimum absolute atomic E-state index is 0.288. The number of tetrazole rings is 1. The third-order valence-corrected chi connectivity index (χ3v) is 2.34. The van der Waals surface area contributed by atoms with Gasteiger partial charge in [0.1, 0.15) is 6.10 Å². The summed E-state index contributed by atoms with van der Waals surface area (Å²) in [5.41, 5.74) is 1.03. The maximum absolute atomic E-state index is 5.16. The number of hydrogen-bond donors (Lipinski definition) is 0. The topological polar surface area (TPSA) is 56.1 Å². The highest BCUT2D eigenvalue weighted by Gasteiger charge is 2.25. The van der Waals surface area contributed by atoms with Gasteiger partial charge >= 0.3 is 0 Å². The summed E-state index contributed by atoms with van der Waals surface area (Å²) in [6.45, 7) is 1.55. The molecule has 5 nitrogen and oxygen atoms in total. The molecule has 0 saturated carbocycles. The molecule has 1 aromatic heterocycles. The van der Waals surface area contributed by atoms with Crippen molar-refractivity contribution in [3.05, 3.63) is 30.3 Å². The maximum Gasteiger partial charge on any atom is 0.182 e. The molecule has 1 saturated heterocycles. The van der Waals surface area contributed by atoms with Gasteiger partial charge < -0.3 is 4.74 Å². The lowest BCUT2D eigenvalue weighted by atomic mass is 10.2. The van der Waals surface area contributed by atoms with E-state index >= 15 is 0 Å². The smallest absolute Gasteiger partial charge is 0.182 e. The van der Waals surface area contributed by atoms with Crippen LogP contribution in [0.5, 0.6) is 0 Å². The molecular weight excluding hydrogens is 192 g/mol. The molecule has 1 aliphatic heterocycles. The molecule has 0 unspecified atom stereocenters. The minimum Gasteiger partial charge on any atom is -0.371 e. The van der Waals surface area contributed by atoms with Crippen molar-refractivity contribution in [2.75, 3.05) is 6.61 Å². The zero-order chi connectivity index (χ0) is 10.1. The van der Waals surface area contributed by atoms with Gasteiger partial charge in [-0.1, -0.05) is 30.3 Å². The van der Waals surface area contributed by atoms with E-state index in [9.17, 15) is 0 Å². The first-order valence-electron chi connectivity index (χ1n) is 4.86. The van der Waals surface area contributed by atoms with Crippen molar-refractivity contribution in [3.63, 3.8) is 0 Å². The molecule has 1 atom stereocenters. The average Bonchev–Trinajstić information content (AvgIpc) is 2.96. The molecule has 1 aliphatic rings. The van der Waals surface area contributed by atoms with Gasteiger partial charge in [-0.15, -0.1) is 5.10 Å². The van der Waals surface area contributed by atoms with Gasteiger partial charge in [-0.2, -0.15) is 0 Å². The van der Waals surface area contributed by atoms with E-state index in [1.54, 1.807) is 4.68 Å². The van der Waals surface area contributed by atoms with Crippen LogP contribution in [-0.2, 0) is 11.3 Å². The molecule has 2 aromatic rings. The van der Waals surface area contributed by atoms with Crippen molar-refractivity contribution >= 4 is 0 Å². The zero-order valence-corrected chi connectivity index (χ0v) is 8.08. The fourth-order valence-corrected chi connectivity index (χ4v) is 1.49. The summed E-state index contributed by atoms with van der Waals surface area (Å²) in [5.74, 6) is 0.797. The van der Waals surface area contributed by atoms with Crippen molar-refractivity contribution in [2.24, 2.45) is 0 Å². The van der Waals surface area contributed by atoms with Crippen LogP contribution >= 0.6 is 0 Å². The first kappa shape index (κ1) is 8.55. The lowest BCUT2D eigenvalue weighted by molar-refractivity contribution is 0.372. The summed E-state index contributed by atoms with van der Waals surface area (Å²) < 4.78 is 6.94. The van der Waals surface area contributed by atoms with Gasteiger partial charge in [-0.05, 0) is 10.4 Å². The van der Waals surface area contributed by atoms with Gasteiger partial charge in [0.25, 0.3) is 0 Å². The van der Waals surface area contributed by atoms with E-state index in [0.717, 1.165) is 24.5 Å². The Morgan fingerprint density at radius 2 is 2.13 bits per heavy atom. The van der Waals surface area contributed by atoms with Gasteiger partial charge in [-0.25, -0.2) is 4.68 Å². The average molecular weight is 202 g/mol. The Bertz CT molecular complexity index is 449. The molecule has 0 radical (unpaired) electrons. The molecular formula is C10H10N4O. The molecule has 2 heterocycles. The van der Waals surface area contributed by atoms with E-state index in [1.807, 2.05) is 30.3 Å². The normalized spacial score (nSPS) is 19.1. The van der Waals surface area contributed by atoms with E-state index in [4.69, 9.17) is 4.74 Å². The maximum atomic E-state index is 5.16. The predicted molar refractivity (Wildman–Crippen MR) is 53.0 cm³/mol. The van der Waals surface area contributed by atoms with Crippen molar-refractivity contribution in [3.8, 4) is 11.4 Å². The van der Waals surface area contributed by atoms with Crippen LogP contribution in [0.25, 0.3) is 11.4 Å². The highest BCUT2D eigenvalue weighted by Crippen LogP contribution is 2.18. The highest BCUT2D eigenvalue weighted by atomic mass is 16.6. The van der Waals surface area contributed by atoms with Crippen LogP contribution in [0.3, 0.4) is 0 Å². The minimum atomic E-state index is 0.288. The number of rotatable bonds is 3. The fraction of sp³-hybridized carbons (Fsp3) is 0.300. The second-order valence-electron chi connectivity index (χ2n) is 3.51. The van der Waals surface area contributed by atoms with E-state index in [2.05, 4.69) is 15.5 Å². The van der Waals surface area contributed by atoms with E-state index in [1.165, 1.54) is 0 Å². The van der Waals surface area contributed by atoms with Crippen molar-refractivity contribution < 1.29 is 4.74 Å². The van der Waals surface area contributed by atoms with Crippen LogP contribution in [0, 0.1) is 0 Å². The predicted octanol–water partition coefficient (Wildman–Crippen LogP) is 0.739. The third-order valence-electron chi connectivity index (χ3n) is 2.34. The summed E-state index contributed by atoms with van der Waals surface area (Å²) in [5, 5.41) is 11.6. The largest absolute Gasteiger partial charge is 0.371 e. The Morgan fingerprint density at radius 3 is 2.87 bits per heavy atom. The molecule has 5 heteroatoms. The third kappa shape index (κ3) is 1.73. The van der Waals surface area contributed by atoms with Crippen molar-refractivity contribution in [2.45, 2.75) is 12.6 Å². The second-order valence-corrected chi connectivity index (χ2v) is 3.51. The lowest BCUT2D eigenvalue weighted by Crippen LogP contribution is -2.07. The molecule has 0 aliphatic carbocycles. The number of ether oxygens (including phenoxy) is 1. The van der Waals surface area contributed by atoms with Crippen LogP contribution in [0.2, 0.25) is 0 Å². The number of hydrogen-bond acceptors (Lipinski definition) is 4. The van der Waals surface area contributed by atoms with E-state index < -0.39 is 0 Å². The highest BCUT2D eigenvalue weighted by molar-refractivity contribution is 5.53. The Labute approximate surface area is 86.7 Å². The number of nitrogens with zero attached hydrogens (tertiary/aromatic N) is 4. The molecule has 0 N–H and O–H groups in total. The number of aromatic nitrogens is 4. The van der Waals surface area contributed by atoms with Gasteiger partial charge in [0.05, 0.1) is 13.2 Å².